The van der Waals surface area contributed by atoms with Crippen molar-refractivity contribution < 1.29 is 28.5 Å². The fraction of sp³-hybridized carbons (Fsp3) is 0.250. The van der Waals surface area contributed by atoms with E-state index in [1.54, 1.807) is 30.3 Å². The molecule has 0 radical (unpaired) electrons. The van der Waals surface area contributed by atoms with Crippen molar-refractivity contribution in [1.82, 2.24) is 0 Å². The van der Waals surface area contributed by atoms with Crippen LogP contribution in [0.3, 0.4) is 0 Å². The molecule has 2 aromatic rings. The Balaban J connectivity index is 2.24. The molecule has 7 nitrogen and oxygen atoms in total. The standard InChI is InChI=1S/C20H22ClNO6/c1-24-15-11-16(25-2)14(10-13(15)21)22-19(23)7-6-12-8-17(26-3)20(28-5)18(9-12)27-4/h6-11H,1-5H3,(H,22,23)/b7-6+. The summed E-state index contributed by atoms with van der Waals surface area (Å²) in [5.41, 5.74) is 1.12. The number of nitrogens with one attached hydrogen (secondary N) is 1. The lowest BCUT2D eigenvalue weighted by Gasteiger charge is -2.13. The number of methoxy groups -OCH3 is 5. The quantitative estimate of drug-likeness (QED) is 0.666. The summed E-state index contributed by atoms with van der Waals surface area (Å²) in [4.78, 5) is 12.3. The van der Waals surface area contributed by atoms with E-state index in [1.807, 2.05) is 0 Å². The molecule has 2 aromatic carbocycles. The zero-order valence-corrected chi connectivity index (χ0v) is 17.0. The number of rotatable bonds is 8. The van der Waals surface area contributed by atoms with E-state index in [0.29, 0.717) is 45.0 Å². The monoisotopic (exact) mass is 407 g/mol. The summed E-state index contributed by atoms with van der Waals surface area (Å²) in [5, 5.41) is 3.08. The van der Waals surface area contributed by atoms with Crippen LogP contribution in [0.2, 0.25) is 5.02 Å². The molecular weight excluding hydrogens is 386 g/mol. The van der Waals surface area contributed by atoms with Crippen LogP contribution >= 0.6 is 11.6 Å². The fourth-order valence-corrected chi connectivity index (χ4v) is 2.74. The smallest absolute Gasteiger partial charge is 0.248 e. The largest absolute Gasteiger partial charge is 0.495 e. The predicted octanol–water partition coefficient (Wildman–Crippen LogP) is 4.03. The van der Waals surface area contributed by atoms with Crippen LogP contribution in [0.4, 0.5) is 5.69 Å². The first kappa shape index (κ1) is 21.2. The van der Waals surface area contributed by atoms with Crippen LogP contribution in [-0.4, -0.2) is 41.5 Å². The van der Waals surface area contributed by atoms with Crippen LogP contribution in [0.15, 0.2) is 30.3 Å². The lowest BCUT2D eigenvalue weighted by molar-refractivity contribution is -0.111. The minimum atomic E-state index is -0.367. The molecule has 2 rings (SSSR count). The predicted molar refractivity (Wildman–Crippen MR) is 108 cm³/mol. The normalized spacial score (nSPS) is 10.5. The van der Waals surface area contributed by atoms with Gasteiger partial charge in [0.05, 0.1) is 46.3 Å². The topological polar surface area (TPSA) is 75.3 Å². The first-order valence-corrected chi connectivity index (χ1v) is 8.55. The van der Waals surface area contributed by atoms with E-state index < -0.39 is 0 Å². The number of hydrogen-bond acceptors (Lipinski definition) is 6. The highest BCUT2D eigenvalue weighted by Gasteiger charge is 2.13. The Kier molecular flexibility index (Phi) is 7.40. The van der Waals surface area contributed by atoms with Crippen molar-refractivity contribution in [2.75, 3.05) is 40.9 Å². The van der Waals surface area contributed by atoms with Crippen molar-refractivity contribution >= 4 is 29.3 Å². The van der Waals surface area contributed by atoms with Gasteiger partial charge in [-0.15, -0.1) is 0 Å². The molecule has 1 amide bonds. The third kappa shape index (κ3) is 4.80. The van der Waals surface area contributed by atoms with Crippen molar-refractivity contribution in [3.8, 4) is 28.7 Å². The first-order valence-electron chi connectivity index (χ1n) is 8.18. The van der Waals surface area contributed by atoms with Gasteiger partial charge in [0.2, 0.25) is 11.7 Å². The zero-order chi connectivity index (χ0) is 20.7. The molecule has 0 heterocycles. The van der Waals surface area contributed by atoms with Gasteiger partial charge in [-0.3, -0.25) is 4.79 Å². The first-order chi connectivity index (χ1) is 13.5. The average molecular weight is 408 g/mol. The van der Waals surface area contributed by atoms with Gasteiger partial charge in [0, 0.05) is 12.1 Å². The van der Waals surface area contributed by atoms with E-state index in [2.05, 4.69) is 5.32 Å². The summed E-state index contributed by atoms with van der Waals surface area (Å²) in [6.45, 7) is 0. The number of carbonyl (C=O) groups is 1. The second-order valence-corrected chi connectivity index (χ2v) is 5.88. The maximum absolute atomic E-state index is 12.3. The van der Waals surface area contributed by atoms with Crippen molar-refractivity contribution in [3.63, 3.8) is 0 Å². The summed E-state index contributed by atoms with van der Waals surface area (Å²) < 4.78 is 26.3. The van der Waals surface area contributed by atoms with Gasteiger partial charge in [-0.05, 0) is 29.8 Å². The van der Waals surface area contributed by atoms with Crippen LogP contribution in [0.25, 0.3) is 6.08 Å². The Bertz CT molecular complexity index is 856. The molecule has 0 bridgehead atoms. The van der Waals surface area contributed by atoms with Crippen LogP contribution in [0.1, 0.15) is 5.56 Å². The van der Waals surface area contributed by atoms with Gasteiger partial charge >= 0.3 is 0 Å². The second-order valence-electron chi connectivity index (χ2n) is 5.47. The molecule has 28 heavy (non-hydrogen) atoms. The van der Waals surface area contributed by atoms with Gasteiger partial charge in [-0.1, -0.05) is 11.6 Å². The highest BCUT2D eigenvalue weighted by Crippen LogP contribution is 2.39. The van der Waals surface area contributed by atoms with Crippen molar-refractivity contribution in [3.05, 3.63) is 40.9 Å². The van der Waals surface area contributed by atoms with Crippen LogP contribution < -0.4 is 29.0 Å². The van der Waals surface area contributed by atoms with E-state index in [9.17, 15) is 4.79 Å². The SMILES string of the molecule is COc1cc(OC)c(NC(=O)/C=C/c2cc(OC)c(OC)c(OC)c2)cc1Cl. The molecule has 150 valence electrons. The Morgan fingerprint density at radius 2 is 1.39 bits per heavy atom. The molecule has 8 heteroatoms. The van der Waals surface area contributed by atoms with Crippen LogP contribution in [-0.2, 0) is 4.79 Å². The number of benzene rings is 2. The maximum atomic E-state index is 12.3. The number of halogens is 1. The summed E-state index contributed by atoms with van der Waals surface area (Å²) in [5.74, 6) is 1.97. The minimum Gasteiger partial charge on any atom is -0.495 e. The van der Waals surface area contributed by atoms with Crippen molar-refractivity contribution in [2.45, 2.75) is 0 Å². The molecule has 0 fully saturated rings. The summed E-state index contributed by atoms with van der Waals surface area (Å²) >= 11 is 6.12. The van der Waals surface area contributed by atoms with E-state index in [-0.39, 0.29) is 5.91 Å². The fourth-order valence-electron chi connectivity index (χ4n) is 2.50. The van der Waals surface area contributed by atoms with E-state index in [4.69, 9.17) is 35.3 Å². The lowest BCUT2D eigenvalue weighted by atomic mass is 10.1. The Morgan fingerprint density at radius 1 is 0.821 bits per heavy atom. The van der Waals surface area contributed by atoms with Gasteiger partial charge < -0.3 is 29.0 Å². The Morgan fingerprint density at radius 3 is 1.89 bits per heavy atom. The van der Waals surface area contributed by atoms with E-state index >= 15 is 0 Å². The van der Waals surface area contributed by atoms with Gasteiger partial charge in [0.25, 0.3) is 0 Å². The molecule has 1 N–H and O–H groups in total. The number of ether oxygens (including phenoxy) is 5. The third-order valence-electron chi connectivity index (χ3n) is 3.85. The molecule has 0 unspecified atom stereocenters. The molecule has 0 aromatic heterocycles. The highest BCUT2D eigenvalue weighted by molar-refractivity contribution is 6.32. The third-order valence-corrected chi connectivity index (χ3v) is 4.14. The summed E-state index contributed by atoms with van der Waals surface area (Å²) in [6.07, 6.45) is 3.00. The van der Waals surface area contributed by atoms with Gasteiger partial charge in [0.15, 0.2) is 11.5 Å². The number of amides is 1. The van der Waals surface area contributed by atoms with E-state index in [1.165, 1.54) is 41.6 Å². The highest BCUT2D eigenvalue weighted by atomic mass is 35.5. The van der Waals surface area contributed by atoms with E-state index in [0.717, 1.165) is 0 Å². The van der Waals surface area contributed by atoms with Crippen LogP contribution in [0.5, 0.6) is 28.7 Å². The van der Waals surface area contributed by atoms with Crippen LogP contribution in [0, 0.1) is 0 Å². The molecule has 0 atom stereocenters. The van der Waals surface area contributed by atoms with Crippen molar-refractivity contribution in [1.29, 1.82) is 0 Å². The molecule has 0 spiro atoms. The number of hydrogen-bond donors (Lipinski definition) is 1. The Hall–Kier alpha value is -3.06. The molecule has 0 aliphatic rings. The zero-order valence-electron chi connectivity index (χ0n) is 16.3. The summed E-state index contributed by atoms with van der Waals surface area (Å²) in [6, 6.07) is 6.62. The molecular formula is C20H22ClNO6. The van der Waals surface area contributed by atoms with Crippen molar-refractivity contribution in [2.24, 2.45) is 0 Å². The molecule has 0 saturated heterocycles. The molecule has 0 saturated carbocycles. The van der Waals surface area contributed by atoms with Gasteiger partial charge in [-0.2, -0.15) is 0 Å². The van der Waals surface area contributed by atoms with Gasteiger partial charge in [0.1, 0.15) is 11.5 Å². The van der Waals surface area contributed by atoms with Gasteiger partial charge in [-0.25, -0.2) is 0 Å². The number of anilines is 1. The molecule has 0 aliphatic heterocycles. The number of carbonyl (C=O) groups excluding carboxylic acids is 1. The summed E-state index contributed by atoms with van der Waals surface area (Å²) in [7, 11) is 7.56. The second kappa shape index (κ2) is 9.75. The lowest BCUT2D eigenvalue weighted by Crippen LogP contribution is -2.09. The molecule has 0 aliphatic carbocycles. The maximum Gasteiger partial charge on any atom is 0.248 e. The minimum absolute atomic E-state index is 0.354. The average Bonchev–Trinajstić information content (AvgIpc) is 2.71. The Labute approximate surface area is 168 Å².